The number of rotatable bonds is 4. The maximum Gasteiger partial charge on any atom is 0.315 e. The van der Waals surface area contributed by atoms with Gasteiger partial charge in [-0.25, -0.2) is 4.79 Å². The molecule has 2 aromatic rings. The number of amides is 2. The second-order valence-electron chi connectivity index (χ2n) is 4.59. The molecule has 0 radical (unpaired) electrons. The summed E-state index contributed by atoms with van der Waals surface area (Å²) in [5.41, 5.74) is 2.15. The quantitative estimate of drug-likeness (QED) is 0.872. The lowest BCUT2D eigenvalue weighted by Gasteiger charge is -2.15. The SMILES string of the molecule is CC(NC(=O)NCc1ccccc1)c1cccc(Br)c1. The van der Waals surface area contributed by atoms with Crippen molar-refractivity contribution >= 4 is 22.0 Å². The average molecular weight is 333 g/mol. The summed E-state index contributed by atoms with van der Waals surface area (Å²) >= 11 is 3.43. The molecule has 0 saturated carbocycles. The Morgan fingerprint density at radius 2 is 1.90 bits per heavy atom. The number of carbonyl (C=O) groups excluding carboxylic acids is 1. The lowest BCUT2D eigenvalue weighted by atomic mass is 10.1. The monoisotopic (exact) mass is 332 g/mol. The van der Waals surface area contributed by atoms with Gasteiger partial charge in [-0.15, -0.1) is 0 Å². The number of carbonyl (C=O) groups is 1. The summed E-state index contributed by atoms with van der Waals surface area (Å²) in [6.45, 7) is 2.49. The molecule has 0 fully saturated rings. The standard InChI is InChI=1S/C16H17BrN2O/c1-12(14-8-5-9-15(17)10-14)19-16(20)18-11-13-6-3-2-4-7-13/h2-10,12H,11H2,1H3,(H2,18,19,20). The Bertz CT molecular complexity index is 572. The van der Waals surface area contributed by atoms with E-state index in [1.807, 2.05) is 61.5 Å². The Hall–Kier alpha value is -1.81. The molecule has 4 heteroatoms. The predicted octanol–water partition coefficient (Wildman–Crippen LogP) is 4.01. The number of benzene rings is 2. The van der Waals surface area contributed by atoms with Crippen LogP contribution in [0.25, 0.3) is 0 Å². The normalized spacial score (nSPS) is 11.7. The number of halogens is 1. The van der Waals surface area contributed by atoms with Crippen molar-refractivity contribution in [2.45, 2.75) is 19.5 Å². The van der Waals surface area contributed by atoms with Gasteiger partial charge in [-0.05, 0) is 30.2 Å². The van der Waals surface area contributed by atoms with Crippen LogP contribution in [0.2, 0.25) is 0 Å². The first kappa shape index (κ1) is 14.6. The molecule has 1 atom stereocenters. The van der Waals surface area contributed by atoms with Crippen LogP contribution in [0, 0.1) is 0 Å². The highest BCUT2D eigenvalue weighted by atomic mass is 79.9. The summed E-state index contributed by atoms with van der Waals surface area (Å²) in [4.78, 5) is 11.9. The molecule has 2 amide bonds. The molecule has 2 rings (SSSR count). The van der Waals surface area contributed by atoms with Crippen LogP contribution in [0.5, 0.6) is 0 Å². The van der Waals surface area contributed by atoms with E-state index >= 15 is 0 Å². The van der Waals surface area contributed by atoms with Gasteiger partial charge in [-0.1, -0.05) is 58.4 Å². The van der Waals surface area contributed by atoms with Crippen LogP contribution in [-0.2, 0) is 6.54 Å². The highest BCUT2D eigenvalue weighted by Gasteiger charge is 2.09. The Morgan fingerprint density at radius 3 is 2.60 bits per heavy atom. The van der Waals surface area contributed by atoms with Crippen LogP contribution >= 0.6 is 15.9 Å². The van der Waals surface area contributed by atoms with Gasteiger partial charge in [0.1, 0.15) is 0 Å². The molecule has 0 aromatic heterocycles. The molecular formula is C16H17BrN2O. The first-order valence-electron chi connectivity index (χ1n) is 6.49. The van der Waals surface area contributed by atoms with E-state index in [4.69, 9.17) is 0 Å². The van der Waals surface area contributed by atoms with Crippen molar-refractivity contribution in [1.29, 1.82) is 0 Å². The molecule has 0 aliphatic heterocycles. The molecule has 0 aliphatic carbocycles. The largest absolute Gasteiger partial charge is 0.334 e. The van der Waals surface area contributed by atoms with E-state index in [1.54, 1.807) is 0 Å². The maximum atomic E-state index is 11.9. The van der Waals surface area contributed by atoms with Crippen LogP contribution in [-0.4, -0.2) is 6.03 Å². The molecule has 1 unspecified atom stereocenters. The van der Waals surface area contributed by atoms with Crippen molar-refractivity contribution in [2.75, 3.05) is 0 Å². The highest BCUT2D eigenvalue weighted by Crippen LogP contribution is 2.17. The Balaban J connectivity index is 1.85. The summed E-state index contributed by atoms with van der Waals surface area (Å²) in [7, 11) is 0. The predicted molar refractivity (Wildman–Crippen MR) is 84.4 cm³/mol. The molecule has 104 valence electrons. The van der Waals surface area contributed by atoms with Crippen molar-refractivity contribution in [3.8, 4) is 0 Å². The molecule has 0 bridgehead atoms. The molecule has 3 nitrogen and oxygen atoms in total. The first-order chi connectivity index (χ1) is 9.65. The van der Waals surface area contributed by atoms with Crippen molar-refractivity contribution in [3.05, 3.63) is 70.2 Å². The van der Waals surface area contributed by atoms with Gasteiger partial charge in [0.05, 0.1) is 6.04 Å². The van der Waals surface area contributed by atoms with Crippen LogP contribution < -0.4 is 10.6 Å². The summed E-state index contributed by atoms with van der Waals surface area (Å²) in [6.07, 6.45) is 0. The third kappa shape index (κ3) is 4.38. The molecule has 20 heavy (non-hydrogen) atoms. The Kier molecular flexibility index (Phi) is 5.18. The van der Waals surface area contributed by atoms with Gasteiger partial charge < -0.3 is 10.6 Å². The number of hydrogen-bond donors (Lipinski definition) is 2. The molecule has 2 N–H and O–H groups in total. The van der Waals surface area contributed by atoms with Crippen molar-refractivity contribution in [1.82, 2.24) is 10.6 Å². The zero-order valence-electron chi connectivity index (χ0n) is 11.3. The van der Waals surface area contributed by atoms with E-state index in [2.05, 4.69) is 26.6 Å². The van der Waals surface area contributed by atoms with E-state index in [0.717, 1.165) is 15.6 Å². The maximum absolute atomic E-state index is 11.9. The first-order valence-corrected chi connectivity index (χ1v) is 7.28. The molecule has 0 saturated heterocycles. The smallest absolute Gasteiger partial charge is 0.315 e. The highest BCUT2D eigenvalue weighted by molar-refractivity contribution is 9.10. The van der Waals surface area contributed by atoms with Gasteiger partial charge in [0.2, 0.25) is 0 Å². The third-order valence-corrected chi connectivity index (χ3v) is 3.49. The second kappa shape index (κ2) is 7.10. The number of hydrogen-bond acceptors (Lipinski definition) is 1. The van der Waals surface area contributed by atoms with Gasteiger partial charge in [-0.2, -0.15) is 0 Å². The van der Waals surface area contributed by atoms with Crippen LogP contribution in [0.4, 0.5) is 4.79 Å². The average Bonchev–Trinajstić information content (AvgIpc) is 2.46. The fourth-order valence-electron chi connectivity index (χ4n) is 1.89. The van der Waals surface area contributed by atoms with E-state index in [0.29, 0.717) is 6.54 Å². The van der Waals surface area contributed by atoms with Crippen molar-refractivity contribution in [3.63, 3.8) is 0 Å². The number of nitrogens with one attached hydrogen (secondary N) is 2. The van der Waals surface area contributed by atoms with Crippen LogP contribution in [0.15, 0.2) is 59.1 Å². The lowest BCUT2D eigenvalue weighted by molar-refractivity contribution is 0.237. The minimum atomic E-state index is -0.165. The van der Waals surface area contributed by atoms with Crippen LogP contribution in [0.1, 0.15) is 24.1 Å². The number of urea groups is 1. The van der Waals surface area contributed by atoms with E-state index in [9.17, 15) is 4.79 Å². The zero-order valence-corrected chi connectivity index (χ0v) is 12.9. The van der Waals surface area contributed by atoms with Gasteiger partial charge in [0, 0.05) is 11.0 Å². The van der Waals surface area contributed by atoms with Gasteiger partial charge in [0.25, 0.3) is 0 Å². The fraction of sp³-hybridized carbons (Fsp3) is 0.188. The minimum Gasteiger partial charge on any atom is -0.334 e. The van der Waals surface area contributed by atoms with Crippen molar-refractivity contribution < 1.29 is 4.79 Å². The van der Waals surface area contributed by atoms with Gasteiger partial charge >= 0.3 is 6.03 Å². The topological polar surface area (TPSA) is 41.1 Å². The summed E-state index contributed by atoms with van der Waals surface area (Å²) in [5, 5.41) is 5.78. The molecule has 0 spiro atoms. The molecule has 2 aromatic carbocycles. The Morgan fingerprint density at radius 1 is 1.15 bits per heavy atom. The Labute approximate surface area is 127 Å². The molecule has 0 aliphatic rings. The van der Waals surface area contributed by atoms with Crippen molar-refractivity contribution in [2.24, 2.45) is 0 Å². The zero-order chi connectivity index (χ0) is 14.4. The summed E-state index contributed by atoms with van der Waals surface area (Å²) < 4.78 is 1.01. The lowest BCUT2D eigenvalue weighted by Crippen LogP contribution is -2.36. The minimum absolute atomic E-state index is 0.0386. The molecular weight excluding hydrogens is 316 g/mol. The van der Waals surface area contributed by atoms with E-state index in [-0.39, 0.29) is 12.1 Å². The third-order valence-electron chi connectivity index (χ3n) is 2.99. The fourth-order valence-corrected chi connectivity index (χ4v) is 2.30. The van der Waals surface area contributed by atoms with Crippen LogP contribution in [0.3, 0.4) is 0 Å². The van der Waals surface area contributed by atoms with Gasteiger partial charge in [0.15, 0.2) is 0 Å². The van der Waals surface area contributed by atoms with E-state index in [1.165, 1.54) is 0 Å². The second-order valence-corrected chi connectivity index (χ2v) is 5.50. The van der Waals surface area contributed by atoms with E-state index < -0.39 is 0 Å². The summed E-state index contributed by atoms with van der Waals surface area (Å²) in [6, 6.07) is 17.6. The summed E-state index contributed by atoms with van der Waals surface area (Å²) in [5.74, 6) is 0. The van der Waals surface area contributed by atoms with Gasteiger partial charge in [-0.3, -0.25) is 0 Å². The molecule has 0 heterocycles.